The van der Waals surface area contributed by atoms with E-state index in [4.69, 9.17) is 19.3 Å². The van der Waals surface area contributed by atoms with Gasteiger partial charge in [0.2, 0.25) is 0 Å². The number of ether oxygens (including phenoxy) is 3. The Bertz CT molecular complexity index is 1370. The topological polar surface area (TPSA) is 65.0 Å². The minimum Gasteiger partial charge on any atom is -0.492 e. The van der Waals surface area contributed by atoms with Gasteiger partial charge in [-0.15, -0.1) is 0 Å². The molecule has 2 atom stereocenters. The van der Waals surface area contributed by atoms with Crippen LogP contribution in [0, 0.1) is 19.7 Å². The molecular formula is C32H33FO5. The lowest BCUT2D eigenvalue weighted by Crippen LogP contribution is -2.14. The Morgan fingerprint density at radius 2 is 1.82 bits per heavy atom. The average Bonchev–Trinajstić information content (AvgIpc) is 3.50. The molecule has 0 radical (unpaired) electrons. The lowest BCUT2D eigenvalue weighted by Gasteiger charge is -2.25. The second-order valence-corrected chi connectivity index (χ2v) is 10.9. The molecule has 6 rings (SSSR count). The molecule has 38 heavy (non-hydrogen) atoms. The standard InChI is InChI=1S/C32H33FO5/c1-18-13-21(20-9-11-36-12-10-20)14-19(2)31(18)25-5-7-27(33)32-26(25)6-8-28(32)38-23-3-4-24-22(15-30(34)35)17-37-29(24)16-23/h3-5,7,13-14,16,20,22,28H,6,8-12,15,17H2,1-2H3,(H,34,35)/t22-,28-/m1/s1. The Morgan fingerprint density at radius 1 is 1.05 bits per heavy atom. The van der Waals surface area contributed by atoms with E-state index in [1.165, 1.54) is 22.3 Å². The van der Waals surface area contributed by atoms with Crippen LogP contribution in [0.3, 0.4) is 0 Å². The van der Waals surface area contributed by atoms with Gasteiger partial charge in [0.1, 0.15) is 23.4 Å². The van der Waals surface area contributed by atoms with E-state index in [9.17, 15) is 4.79 Å². The molecule has 2 heterocycles. The molecule has 1 saturated heterocycles. The van der Waals surface area contributed by atoms with E-state index in [0.717, 1.165) is 49.2 Å². The van der Waals surface area contributed by atoms with Crippen LogP contribution < -0.4 is 9.47 Å². The van der Waals surface area contributed by atoms with Crippen molar-refractivity contribution in [3.8, 4) is 22.6 Å². The van der Waals surface area contributed by atoms with Crippen molar-refractivity contribution in [2.45, 2.75) is 63.9 Å². The van der Waals surface area contributed by atoms with E-state index in [2.05, 4.69) is 26.0 Å². The summed E-state index contributed by atoms with van der Waals surface area (Å²) in [6.07, 6.45) is 3.19. The van der Waals surface area contributed by atoms with Gasteiger partial charge in [-0.2, -0.15) is 0 Å². The number of rotatable bonds is 6. The van der Waals surface area contributed by atoms with Crippen LogP contribution in [0.1, 0.15) is 77.0 Å². The lowest BCUT2D eigenvalue weighted by atomic mass is 9.84. The van der Waals surface area contributed by atoms with Crippen molar-refractivity contribution in [1.82, 2.24) is 0 Å². The van der Waals surface area contributed by atoms with Gasteiger partial charge in [0.05, 0.1) is 13.0 Å². The zero-order valence-corrected chi connectivity index (χ0v) is 21.9. The summed E-state index contributed by atoms with van der Waals surface area (Å²) in [5.74, 6) is 0.548. The fourth-order valence-electron chi connectivity index (χ4n) is 6.59. The Kier molecular flexibility index (Phi) is 6.60. The first-order valence-corrected chi connectivity index (χ1v) is 13.5. The zero-order chi connectivity index (χ0) is 26.4. The number of halogens is 1. The molecule has 3 aromatic rings. The quantitative estimate of drug-likeness (QED) is 0.381. The largest absolute Gasteiger partial charge is 0.492 e. The summed E-state index contributed by atoms with van der Waals surface area (Å²) < 4.78 is 32.9. The minimum atomic E-state index is -0.843. The molecule has 2 aliphatic heterocycles. The van der Waals surface area contributed by atoms with Crippen molar-refractivity contribution >= 4 is 5.97 Å². The molecule has 0 spiro atoms. The predicted molar refractivity (Wildman–Crippen MR) is 143 cm³/mol. The van der Waals surface area contributed by atoms with Gasteiger partial charge < -0.3 is 19.3 Å². The van der Waals surface area contributed by atoms with E-state index in [-0.39, 0.29) is 24.3 Å². The summed E-state index contributed by atoms with van der Waals surface area (Å²) in [4.78, 5) is 11.2. The molecule has 1 fully saturated rings. The Labute approximate surface area is 222 Å². The maximum absolute atomic E-state index is 15.3. The summed E-state index contributed by atoms with van der Waals surface area (Å²) in [6.45, 7) is 6.30. The van der Waals surface area contributed by atoms with Gasteiger partial charge in [-0.05, 0) is 91.0 Å². The molecule has 1 aliphatic carbocycles. The van der Waals surface area contributed by atoms with Crippen LogP contribution in [0.4, 0.5) is 4.39 Å². The zero-order valence-electron chi connectivity index (χ0n) is 21.9. The molecule has 198 valence electrons. The number of carbonyl (C=O) groups is 1. The van der Waals surface area contributed by atoms with Gasteiger partial charge >= 0.3 is 5.97 Å². The fourth-order valence-corrected chi connectivity index (χ4v) is 6.59. The first-order chi connectivity index (χ1) is 18.4. The molecule has 3 aliphatic rings. The second kappa shape index (κ2) is 10.1. The van der Waals surface area contributed by atoms with Gasteiger partial charge in [0.15, 0.2) is 0 Å². The van der Waals surface area contributed by atoms with Gasteiger partial charge in [0.25, 0.3) is 0 Å². The van der Waals surface area contributed by atoms with Gasteiger partial charge in [-0.25, -0.2) is 4.39 Å². The summed E-state index contributed by atoms with van der Waals surface area (Å²) in [5, 5.41) is 9.15. The van der Waals surface area contributed by atoms with Crippen molar-refractivity contribution in [3.63, 3.8) is 0 Å². The second-order valence-electron chi connectivity index (χ2n) is 10.9. The molecule has 1 N–H and O–H groups in total. The fraction of sp³-hybridized carbons (Fsp3) is 0.406. The summed E-state index contributed by atoms with van der Waals surface area (Å²) in [7, 11) is 0. The summed E-state index contributed by atoms with van der Waals surface area (Å²) in [5.41, 5.74) is 8.64. The maximum atomic E-state index is 15.3. The Hall–Kier alpha value is -3.38. The van der Waals surface area contributed by atoms with Crippen LogP contribution >= 0.6 is 0 Å². The van der Waals surface area contributed by atoms with Gasteiger partial charge in [0, 0.05) is 36.3 Å². The van der Waals surface area contributed by atoms with Crippen LogP contribution in [-0.2, 0) is 16.0 Å². The van der Waals surface area contributed by atoms with Crippen LogP contribution in [0.2, 0.25) is 0 Å². The van der Waals surface area contributed by atoms with Crippen LogP contribution in [0.15, 0.2) is 42.5 Å². The van der Waals surface area contributed by atoms with Crippen molar-refractivity contribution < 1.29 is 28.5 Å². The number of aliphatic carboxylic acids is 1. The highest BCUT2D eigenvalue weighted by Crippen LogP contribution is 2.45. The van der Waals surface area contributed by atoms with Crippen LogP contribution in [0.25, 0.3) is 11.1 Å². The maximum Gasteiger partial charge on any atom is 0.304 e. The van der Waals surface area contributed by atoms with E-state index >= 15 is 4.39 Å². The van der Waals surface area contributed by atoms with Gasteiger partial charge in [-0.1, -0.05) is 24.3 Å². The molecular weight excluding hydrogens is 483 g/mol. The van der Waals surface area contributed by atoms with E-state index in [0.29, 0.717) is 36.0 Å². The molecule has 0 bridgehead atoms. The summed E-state index contributed by atoms with van der Waals surface area (Å²) in [6, 6.07) is 13.6. The first kappa shape index (κ1) is 24.9. The number of carboxylic acids is 1. The molecule has 5 nitrogen and oxygen atoms in total. The Morgan fingerprint density at radius 3 is 2.55 bits per heavy atom. The normalized spacial score (nSPS) is 20.6. The number of hydrogen-bond donors (Lipinski definition) is 1. The average molecular weight is 517 g/mol. The smallest absolute Gasteiger partial charge is 0.304 e. The number of carboxylic acid groups (broad SMARTS) is 1. The van der Waals surface area contributed by atoms with Crippen LogP contribution in [0.5, 0.6) is 11.5 Å². The van der Waals surface area contributed by atoms with Crippen LogP contribution in [-0.4, -0.2) is 30.9 Å². The highest BCUT2D eigenvalue weighted by molar-refractivity contribution is 5.76. The van der Waals surface area contributed by atoms with E-state index < -0.39 is 5.97 Å². The monoisotopic (exact) mass is 516 g/mol. The molecule has 0 amide bonds. The minimum absolute atomic E-state index is 0.0338. The molecule has 6 heteroatoms. The Balaban J connectivity index is 1.28. The van der Waals surface area contributed by atoms with E-state index in [1.807, 2.05) is 18.2 Å². The lowest BCUT2D eigenvalue weighted by molar-refractivity contribution is -0.137. The molecule has 3 aromatic carbocycles. The third-order valence-corrected chi connectivity index (χ3v) is 8.36. The first-order valence-electron chi connectivity index (χ1n) is 13.5. The van der Waals surface area contributed by atoms with E-state index in [1.54, 1.807) is 12.1 Å². The van der Waals surface area contributed by atoms with Crippen molar-refractivity contribution in [2.24, 2.45) is 0 Å². The predicted octanol–water partition coefficient (Wildman–Crippen LogP) is 7.02. The third kappa shape index (κ3) is 4.55. The van der Waals surface area contributed by atoms with Crippen molar-refractivity contribution in [3.05, 3.63) is 81.7 Å². The number of hydrogen-bond acceptors (Lipinski definition) is 4. The van der Waals surface area contributed by atoms with Crippen molar-refractivity contribution in [2.75, 3.05) is 19.8 Å². The number of benzene rings is 3. The molecule has 0 unspecified atom stereocenters. The van der Waals surface area contributed by atoms with Crippen molar-refractivity contribution in [1.29, 1.82) is 0 Å². The summed E-state index contributed by atoms with van der Waals surface area (Å²) >= 11 is 0. The highest BCUT2D eigenvalue weighted by Gasteiger charge is 2.32. The molecule has 0 aromatic heterocycles. The third-order valence-electron chi connectivity index (χ3n) is 8.36. The SMILES string of the molecule is Cc1cc(C2CCOCC2)cc(C)c1-c1ccc(F)c2c1CC[C@H]2Oc1ccc2c(c1)OC[C@H]2CC(=O)O. The molecule has 0 saturated carbocycles. The number of aryl methyl sites for hydroxylation is 2. The highest BCUT2D eigenvalue weighted by atomic mass is 19.1. The van der Waals surface area contributed by atoms with Gasteiger partial charge in [-0.3, -0.25) is 4.79 Å². The number of fused-ring (bicyclic) bond motifs is 2.